The Morgan fingerprint density at radius 2 is 1.69 bits per heavy atom. The van der Waals surface area contributed by atoms with Crippen molar-refractivity contribution in [2.24, 2.45) is 5.92 Å². The van der Waals surface area contributed by atoms with E-state index in [4.69, 9.17) is 23.2 Å². The van der Waals surface area contributed by atoms with Crippen molar-refractivity contribution in [1.29, 1.82) is 0 Å². The fourth-order valence-electron chi connectivity index (χ4n) is 2.95. The first-order valence-corrected chi connectivity index (χ1v) is 9.80. The van der Waals surface area contributed by atoms with E-state index < -0.39 is 0 Å². The molecule has 0 unspecified atom stereocenters. The van der Waals surface area contributed by atoms with Crippen LogP contribution in [0.3, 0.4) is 0 Å². The van der Waals surface area contributed by atoms with Gasteiger partial charge in [0, 0.05) is 29.0 Å². The van der Waals surface area contributed by atoms with E-state index in [0.717, 1.165) is 4.47 Å². The lowest BCUT2D eigenvalue weighted by atomic mass is 9.95. The highest BCUT2D eigenvalue weighted by Gasteiger charge is 2.28. The van der Waals surface area contributed by atoms with Crippen LogP contribution in [0.4, 0.5) is 5.69 Å². The molecule has 1 saturated heterocycles. The van der Waals surface area contributed by atoms with Crippen LogP contribution >= 0.6 is 39.1 Å². The predicted octanol–water partition coefficient (Wildman–Crippen LogP) is 5.25. The molecule has 2 amide bonds. The molecule has 0 aliphatic carbocycles. The monoisotopic (exact) mass is 454 g/mol. The Labute approximate surface area is 170 Å². The van der Waals surface area contributed by atoms with Crippen LogP contribution in [0, 0.1) is 5.92 Å². The van der Waals surface area contributed by atoms with Crippen molar-refractivity contribution in [3.8, 4) is 0 Å². The molecule has 0 radical (unpaired) electrons. The molecular weight excluding hydrogens is 439 g/mol. The lowest BCUT2D eigenvalue weighted by Gasteiger charge is -2.31. The second kappa shape index (κ2) is 8.42. The fraction of sp³-hybridized carbons (Fsp3) is 0.263. The number of nitrogens with zero attached hydrogens (tertiary/aromatic N) is 1. The Kier molecular flexibility index (Phi) is 6.22. The molecule has 2 aromatic carbocycles. The van der Waals surface area contributed by atoms with Gasteiger partial charge in [-0.05, 0) is 49.2 Å². The quantitative estimate of drug-likeness (QED) is 0.687. The van der Waals surface area contributed by atoms with Crippen LogP contribution in [0.15, 0.2) is 46.9 Å². The Bertz CT molecular complexity index is 819. The van der Waals surface area contributed by atoms with Crippen LogP contribution in [-0.4, -0.2) is 29.8 Å². The number of carbonyl (C=O) groups excluding carboxylic acids is 2. The minimum atomic E-state index is -0.154. The second-order valence-corrected chi connectivity index (χ2v) is 7.86. The highest BCUT2D eigenvalue weighted by Crippen LogP contribution is 2.30. The number of piperidine rings is 1. The van der Waals surface area contributed by atoms with Gasteiger partial charge in [0.15, 0.2) is 0 Å². The molecule has 0 atom stereocenters. The summed E-state index contributed by atoms with van der Waals surface area (Å²) in [4.78, 5) is 26.8. The summed E-state index contributed by atoms with van der Waals surface area (Å²) in [5.41, 5.74) is 1.17. The van der Waals surface area contributed by atoms with Crippen LogP contribution in [0.5, 0.6) is 0 Å². The Morgan fingerprint density at radius 1 is 1.04 bits per heavy atom. The van der Waals surface area contributed by atoms with Gasteiger partial charge in [-0.25, -0.2) is 0 Å². The van der Waals surface area contributed by atoms with Crippen LogP contribution in [0.1, 0.15) is 23.2 Å². The van der Waals surface area contributed by atoms with Crippen molar-refractivity contribution >= 4 is 56.6 Å². The zero-order valence-corrected chi connectivity index (χ0v) is 16.9. The molecule has 1 fully saturated rings. The molecular formula is C19H17BrCl2N2O2. The molecule has 0 bridgehead atoms. The summed E-state index contributed by atoms with van der Waals surface area (Å²) in [5.74, 6) is -0.252. The number of carbonyl (C=O) groups is 2. The average molecular weight is 456 g/mol. The maximum atomic E-state index is 12.5. The third kappa shape index (κ3) is 4.40. The standard InChI is InChI=1S/C19H17BrCl2N2O2/c20-14-6-4-13(5-7-14)19(26)24-10-8-12(9-11-24)18(25)23-16-3-1-2-15(21)17(16)22/h1-7,12H,8-11H2,(H,23,25). The summed E-state index contributed by atoms with van der Waals surface area (Å²) in [6.07, 6.45) is 1.23. The topological polar surface area (TPSA) is 49.4 Å². The lowest BCUT2D eigenvalue weighted by Crippen LogP contribution is -2.41. The third-order valence-electron chi connectivity index (χ3n) is 4.45. The van der Waals surface area contributed by atoms with Crippen molar-refractivity contribution in [1.82, 2.24) is 4.90 Å². The zero-order valence-electron chi connectivity index (χ0n) is 13.8. The highest BCUT2D eigenvalue weighted by molar-refractivity contribution is 9.10. The number of likely N-dealkylation sites (tertiary alicyclic amines) is 1. The van der Waals surface area contributed by atoms with E-state index in [1.165, 1.54) is 0 Å². The molecule has 1 aliphatic heterocycles. The van der Waals surface area contributed by atoms with Gasteiger partial charge in [0.05, 0.1) is 15.7 Å². The maximum Gasteiger partial charge on any atom is 0.253 e. The molecule has 136 valence electrons. The molecule has 0 spiro atoms. The molecule has 1 aliphatic rings. The van der Waals surface area contributed by atoms with Gasteiger partial charge >= 0.3 is 0 Å². The number of hydrogen-bond donors (Lipinski definition) is 1. The molecule has 0 saturated carbocycles. The summed E-state index contributed by atoms with van der Waals surface area (Å²) in [7, 11) is 0. The number of amides is 2. The van der Waals surface area contributed by atoms with E-state index in [9.17, 15) is 9.59 Å². The van der Waals surface area contributed by atoms with E-state index in [1.54, 1.807) is 35.2 Å². The van der Waals surface area contributed by atoms with Gasteiger partial charge in [-0.1, -0.05) is 45.2 Å². The van der Waals surface area contributed by atoms with Gasteiger partial charge in [0.25, 0.3) is 5.91 Å². The first-order chi connectivity index (χ1) is 12.5. The van der Waals surface area contributed by atoms with Crippen molar-refractivity contribution in [3.63, 3.8) is 0 Å². The van der Waals surface area contributed by atoms with E-state index >= 15 is 0 Å². The molecule has 1 N–H and O–H groups in total. The third-order valence-corrected chi connectivity index (χ3v) is 5.80. The number of nitrogens with one attached hydrogen (secondary N) is 1. The van der Waals surface area contributed by atoms with Crippen LogP contribution < -0.4 is 5.32 Å². The van der Waals surface area contributed by atoms with Crippen LogP contribution in [0.2, 0.25) is 10.0 Å². The number of halogens is 3. The minimum absolute atomic E-state index is 0.00533. The van der Waals surface area contributed by atoms with Gasteiger partial charge in [-0.15, -0.1) is 0 Å². The Balaban J connectivity index is 1.57. The molecule has 7 heteroatoms. The summed E-state index contributed by atoms with van der Waals surface area (Å²) in [5, 5.41) is 3.58. The second-order valence-electron chi connectivity index (χ2n) is 6.16. The first-order valence-electron chi connectivity index (χ1n) is 8.25. The van der Waals surface area contributed by atoms with Crippen LogP contribution in [0.25, 0.3) is 0 Å². The predicted molar refractivity (Wildman–Crippen MR) is 108 cm³/mol. The fourth-order valence-corrected chi connectivity index (χ4v) is 3.57. The lowest BCUT2D eigenvalue weighted by molar-refractivity contribution is -0.121. The highest BCUT2D eigenvalue weighted by atomic mass is 79.9. The molecule has 2 aromatic rings. The number of benzene rings is 2. The Hall–Kier alpha value is -1.56. The van der Waals surface area contributed by atoms with Crippen molar-refractivity contribution in [2.45, 2.75) is 12.8 Å². The summed E-state index contributed by atoms with van der Waals surface area (Å²) >= 11 is 15.5. The van der Waals surface area contributed by atoms with Crippen molar-refractivity contribution in [3.05, 3.63) is 62.5 Å². The van der Waals surface area contributed by atoms with Gasteiger partial charge in [-0.2, -0.15) is 0 Å². The normalized spacial score (nSPS) is 15.0. The maximum absolute atomic E-state index is 12.5. The van der Waals surface area contributed by atoms with Crippen molar-refractivity contribution in [2.75, 3.05) is 18.4 Å². The number of rotatable bonds is 3. The van der Waals surface area contributed by atoms with Gasteiger partial charge in [0.1, 0.15) is 0 Å². The van der Waals surface area contributed by atoms with E-state index in [2.05, 4.69) is 21.2 Å². The van der Waals surface area contributed by atoms with E-state index in [-0.39, 0.29) is 17.7 Å². The van der Waals surface area contributed by atoms with E-state index in [1.807, 2.05) is 12.1 Å². The van der Waals surface area contributed by atoms with Crippen LogP contribution in [-0.2, 0) is 4.79 Å². The zero-order chi connectivity index (χ0) is 18.7. The number of hydrogen-bond acceptors (Lipinski definition) is 2. The smallest absolute Gasteiger partial charge is 0.253 e. The summed E-state index contributed by atoms with van der Waals surface area (Å²) in [6.45, 7) is 1.10. The van der Waals surface area contributed by atoms with Crippen molar-refractivity contribution < 1.29 is 9.59 Å². The minimum Gasteiger partial charge on any atom is -0.339 e. The molecule has 3 rings (SSSR count). The SMILES string of the molecule is O=C(Nc1cccc(Cl)c1Cl)C1CCN(C(=O)c2ccc(Br)cc2)CC1. The molecule has 0 aromatic heterocycles. The first kappa shape index (κ1) is 19.2. The van der Waals surface area contributed by atoms with E-state index in [0.29, 0.717) is 47.2 Å². The summed E-state index contributed by atoms with van der Waals surface area (Å²) < 4.78 is 0.934. The molecule has 1 heterocycles. The van der Waals surface area contributed by atoms with Gasteiger partial charge < -0.3 is 10.2 Å². The number of anilines is 1. The van der Waals surface area contributed by atoms with Gasteiger partial charge in [-0.3, -0.25) is 9.59 Å². The molecule has 4 nitrogen and oxygen atoms in total. The molecule has 26 heavy (non-hydrogen) atoms. The largest absolute Gasteiger partial charge is 0.339 e. The Morgan fingerprint density at radius 3 is 2.35 bits per heavy atom. The average Bonchev–Trinajstić information content (AvgIpc) is 2.65. The van der Waals surface area contributed by atoms with Gasteiger partial charge in [0.2, 0.25) is 5.91 Å². The summed E-state index contributed by atoms with van der Waals surface area (Å²) in [6, 6.07) is 12.4.